The average molecular weight is 170 g/mol. The molecule has 3 unspecified atom stereocenters. The van der Waals surface area contributed by atoms with Crippen molar-refractivity contribution in [3.05, 3.63) is 0 Å². The van der Waals surface area contributed by atoms with Gasteiger partial charge in [0.1, 0.15) is 0 Å². The summed E-state index contributed by atoms with van der Waals surface area (Å²) in [6.07, 6.45) is 0. The summed E-state index contributed by atoms with van der Waals surface area (Å²) in [5.41, 5.74) is 0. The van der Waals surface area contributed by atoms with Crippen LogP contribution in [0.2, 0.25) is 0 Å². The molecule has 0 N–H and O–H groups in total. The molecule has 0 aliphatic heterocycles. The highest BCUT2D eigenvalue weighted by molar-refractivity contribution is 7.83. The standard InChI is InChI=1S/C3H8O4S2/c1-3(9(6)7)2-8(4)5/h3H,2H2,1H3,(H,4,5)(H,6,7)/p-2. The van der Waals surface area contributed by atoms with E-state index in [4.69, 9.17) is 0 Å². The molecule has 0 bridgehead atoms. The summed E-state index contributed by atoms with van der Waals surface area (Å²) in [5, 5.41) is -0.802. The van der Waals surface area contributed by atoms with Gasteiger partial charge in [-0.2, -0.15) is 0 Å². The Kier molecular flexibility index (Phi) is 4.20. The topological polar surface area (TPSA) is 80.3 Å². The third kappa shape index (κ3) is 4.71. The first-order valence-corrected chi connectivity index (χ1v) is 4.56. The van der Waals surface area contributed by atoms with Crippen LogP contribution in [0.25, 0.3) is 0 Å². The minimum Gasteiger partial charge on any atom is -0.772 e. The van der Waals surface area contributed by atoms with E-state index in [1.54, 1.807) is 0 Å². The highest BCUT2D eigenvalue weighted by Crippen LogP contribution is 1.92. The fraction of sp³-hybridized carbons (Fsp3) is 1.00. The molecule has 0 spiro atoms. The van der Waals surface area contributed by atoms with Crippen LogP contribution in [0.5, 0.6) is 0 Å². The van der Waals surface area contributed by atoms with Crippen LogP contribution in [-0.4, -0.2) is 28.5 Å². The zero-order chi connectivity index (χ0) is 7.44. The first-order valence-electron chi connectivity index (χ1n) is 2.18. The Hall–Kier alpha value is 0.220. The van der Waals surface area contributed by atoms with E-state index in [2.05, 4.69) is 0 Å². The molecule has 0 aliphatic rings. The maximum absolute atomic E-state index is 9.96. The molecule has 0 aliphatic carbocycles. The molecule has 0 amide bonds. The Morgan fingerprint density at radius 2 is 1.89 bits per heavy atom. The van der Waals surface area contributed by atoms with Crippen molar-refractivity contribution < 1.29 is 17.5 Å². The van der Waals surface area contributed by atoms with Crippen LogP contribution in [0.15, 0.2) is 0 Å². The first-order chi connectivity index (χ1) is 4.04. The lowest BCUT2D eigenvalue weighted by Crippen LogP contribution is -2.18. The summed E-state index contributed by atoms with van der Waals surface area (Å²) >= 11 is -4.53. The number of hydrogen-bond acceptors (Lipinski definition) is 4. The highest BCUT2D eigenvalue weighted by atomic mass is 32.2. The Labute approximate surface area is 58.2 Å². The van der Waals surface area contributed by atoms with Gasteiger partial charge in [-0.1, -0.05) is 29.1 Å². The van der Waals surface area contributed by atoms with E-state index in [9.17, 15) is 17.5 Å². The molecule has 0 rings (SSSR count). The van der Waals surface area contributed by atoms with Crippen LogP contribution in [0, 0.1) is 0 Å². The predicted molar refractivity (Wildman–Crippen MR) is 32.2 cm³/mol. The molecule has 0 saturated heterocycles. The van der Waals surface area contributed by atoms with Crippen molar-refractivity contribution in [1.82, 2.24) is 0 Å². The third-order valence-corrected chi connectivity index (χ3v) is 2.51. The van der Waals surface area contributed by atoms with Gasteiger partial charge in [0.2, 0.25) is 0 Å². The van der Waals surface area contributed by atoms with E-state index in [1.165, 1.54) is 6.92 Å². The van der Waals surface area contributed by atoms with Gasteiger partial charge in [0.15, 0.2) is 0 Å². The van der Waals surface area contributed by atoms with Gasteiger partial charge in [-0.25, -0.2) is 0 Å². The second-order valence-corrected chi connectivity index (χ2v) is 3.81. The van der Waals surface area contributed by atoms with Crippen molar-refractivity contribution in [2.75, 3.05) is 5.75 Å². The fourth-order valence-electron chi connectivity index (χ4n) is 0.247. The molecule has 6 heteroatoms. The summed E-state index contributed by atoms with van der Waals surface area (Å²) in [4.78, 5) is 0. The minimum absolute atomic E-state index is 0.323. The molecule has 0 heterocycles. The average Bonchev–Trinajstić information content (AvgIpc) is 1.63. The Bertz CT molecular complexity index is 134. The molecule has 0 radical (unpaired) electrons. The summed E-state index contributed by atoms with van der Waals surface area (Å²) in [7, 11) is 0. The van der Waals surface area contributed by atoms with Crippen LogP contribution >= 0.6 is 0 Å². The van der Waals surface area contributed by atoms with Gasteiger partial charge >= 0.3 is 0 Å². The Balaban J connectivity index is 3.63. The smallest absolute Gasteiger partial charge is 0.0291 e. The zero-order valence-electron chi connectivity index (χ0n) is 4.73. The summed E-state index contributed by atoms with van der Waals surface area (Å²) < 4.78 is 39.6. The van der Waals surface area contributed by atoms with Crippen LogP contribution in [0.4, 0.5) is 0 Å². The van der Waals surface area contributed by atoms with Crippen LogP contribution in [0.3, 0.4) is 0 Å². The van der Waals surface area contributed by atoms with Crippen molar-refractivity contribution >= 4 is 22.2 Å². The van der Waals surface area contributed by atoms with E-state index in [-0.39, 0.29) is 5.75 Å². The fourth-order valence-corrected chi connectivity index (χ4v) is 1.41. The number of hydrogen-bond donors (Lipinski definition) is 0. The summed E-state index contributed by atoms with van der Waals surface area (Å²) in [5.74, 6) is -0.323. The maximum Gasteiger partial charge on any atom is 0.0291 e. The molecule has 0 fully saturated rings. The lowest BCUT2D eigenvalue weighted by molar-refractivity contribution is 0.518. The Morgan fingerprint density at radius 3 is 2.00 bits per heavy atom. The van der Waals surface area contributed by atoms with Crippen LogP contribution in [0.1, 0.15) is 6.92 Å². The van der Waals surface area contributed by atoms with Crippen molar-refractivity contribution in [2.45, 2.75) is 12.2 Å². The van der Waals surface area contributed by atoms with E-state index >= 15 is 0 Å². The Morgan fingerprint density at radius 1 is 1.44 bits per heavy atom. The van der Waals surface area contributed by atoms with Gasteiger partial charge in [0, 0.05) is 11.0 Å². The second-order valence-electron chi connectivity index (χ2n) is 1.54. The molecule has 0 aromatic carbocycles. The van der Waals surface area contributed by atoms with Crippen LogP contribution in [-0.2, 0) is 22.2 Å². The molecule has 3 atom stereocenters. The number of rotatable bonds is 3. The quantitative estimate of drug-likeness (QED) is 0.516. The molecule has 0 aromatic rings. The SMILES string of the molecule is CC(CS(=O)[O-])S(=O)[O-]. The van der Waals surface area contributed by atoms with Gasteiger partial charge in [-0.3, -0.25) is 8.42 Å². The zero-order valence-corrected chi connectivity index (χ0v) is 6.37. The van der Waals surface area contributed by atoms with Gasteiger partial charge in [0.05, 0.1) is 0 Å². The highest BCUT2D eigenvalue weighted by Gasteiger charge is 1.99. The normalized spacial score (nSPS) is 20.8. The maximum atomic E-state index is 9.96. The van der Waals surface area contributed by atoms with Gasteiger partial charge < -0.3 is 9.11 Å². The van der Waals surface area contributed by atoms with Gasteiger partial charge in [-0.05, 0) is 0 Å². The van der Waals surface area contributed by atoms with E-state index in [0.29, 0.717) is 0 Å². The molecule has 9 heavy (non-hydrogen) atoms. The van der Waals surface area contributed by atoms with Crippen molar-refractivity contribution in [2.24, 2.45) is 0 Å². The van der Waals surface area contributed by atoms with Gasteiger partial charge in [-0.15, -0.1) is 0 Å². The summed E-state index contributed by atoms with van der Waals surface area (Å²) in [6, 6.07) is 0. The molecule has 0 aromatic heterocycles. The largest absolute Gasteiger partial charge is 0.772 e. The lowest BCUT2D eigenvalue weighted by atomic mass is 10.6. The predicted octanol–water partition coefficient (Wildman–Crippen LogP) is -0.867. The molecule has 0 saturated carbocycles. The first kappa shape index (κ1) is 9.22. The summed E-state index contributed by atoms with van der Waals surface area (Å²) in [6.45, 7) is 1.33. The van der Waals surface area contributed by atoms with E-state index in [0.717, 1.165) is 0 Å². The van der Waals surface area contributed by atoms with Crippen molar-refractivity contribution in [3.63, 3.8) is 0 Å². The molecular weight excluding hydrogens is 164 g/mol. The van der Waals surface area contributed by atoms with Crippen molar-refractivity contribution in [3.8, 4) is 0 Å². The minimum atomic E-state index is -2.27. The second kappa shape index (κ2) is 4.10. The van der Waals surface area contributed by atoms with Crippen LogP contribution < -0.4 is 0 Å². The third-order valence-electron chi connectivity index (χ3n) is 0.699. The lowest BCUT2D eigenvalue weighted by Gasteiger charge is -2.15. The van der Waals surface area contributed by atoms with Gasteiger partial charge in [0.25, 0.3) is 0 Å². The molecular formula is C3H6O4S2-2. The van der Waals surface area contributed by atoms with Crippen molar-refractivity contribution in [1.29, 1.82) is 0 Å². The van der Waals surface area contributed by atoms with E-state index < -0.39 is 27.4 Å². The molecule has 4 nitrogen and oxygen atoms in total. The van der Waals surface area contributed by atoms with E-state index in [1.807, 2.05) is 0 Å². The molecule has 56 valence electrons. The monoisotopic (exact) mass is 170 g/mol.